The summed E-state index contributed by atoms with van der Waals surface area (Å²) in [5.74, 6) is 0.163. The number of aliphatic carboxylic acids is 1. The van der Waals surface area contributed by atoms with Crippen LogP contribution in [0.1, 0.15) is 109 Å². The fourth-order valence-electron chi connectivity index (χ4n) is 4.50. The van der Waals surface area contributed by atoms with Crippen molar-refractivity contribution in [3.63, 3.8) is 0 Å². The average molecular weight is 435 g/mol. The number of hydrogen-bond donors (Lipinski definition) is 2. The molecule has 1 rings (SSSR count). The van der Waals surface area contributed by atoms with E-state index in [0.29, 0.717) is 17.6 Å². The van der Waals surface area contributed by atoms with Gasteiger partial charge in [0.05, 0.1) is 6.20 Å². The number of allylic oxidation sites excluding steroid dienone is 1. The molecule has 0 aromatic heterocycles. The van der Waals surface area contributed by atoms with Gasteiger partial charge in [-0.05, 0) is 19.3 Å². The fraction of sp³-hybridized carbons (Fsp3) is 0.769. The number of carboxylic acids is 1. The Labute approximate surface area is 191 Å². The molecule has 1 heterocycles. The number of quaternary nitrogens is 1. The number of aliphatic imine (C=N–C) groups is 1. The maximum atomic E-state index is 11.3. The standard InChI is InChI=1S/C26H47N3O2/c1-2-3-4-5-6-7-8-9-10-11-12-13-14-15-16-17-18-19-25-28-21-23-29(25,22-20-27)24-26(30)31/h2,21,23H,1,3-20,22,24,27H2/p+1. The quantitative estimate of drug-likeness (QED) is 0.115. The first-order chi connectivity index (χ1) is 15.1. The highest BCUT2D eigenvalue weighted by molar-refractivity contribution is 5.81. The van der Waals surface area contributed by atoms with Gasteiger partial charge in [-0.2, -0.15) is 0 Å². The lowest BCUT2D eigenvalue weighted by Crippen LogP contribution is -2.52. The minimum Gasteiger partial charge on any atom is -0.477 e. The minimum atomic E-state index is -0.799. The zero-order valence-electron chi connectivity index (χ0n) is 19.9. The maximum Gasteiger partial charge on any atom is 0.360 e. The molecule has 0 aromatic rings. The Morgan fingerprint density at radius 1 is 0.903 bits per heavy atom. The fourth-order valence-corrected chi connectivity index (χ4v) is 4.50. The van der Waals surface area contributed by atoms with Gasteiger partial charge >= 0.3 is 5.97 Å². The third-order valence-electron chi connectivity index (χ3n) is 6.34. The Hall–Kier alpha value is -1.46. The van der Waals surface area contributed by atoms with Crippen LogP contribution < -0.4 is 5.73 Å². The Kier molecular flexibility index (Phi) is 16.1. The molecule has 178 valence electrons. The van der Waals surface area contributed by atoms with E-state index in [9.17, 15) is 9.90 Å². The first-order valence-corrected chi connectivity index (χ1v) is 12.8. The molecule has 0 aliphatic carbocycles. The summed E-state index contributed by atoms with van der Waals surface area (Å²) in [5, 5.41) is 9.26. The number of amidine groups is 1. The molecule has 0 saturated heterocycles. The van der Waals surface area contributed by atoms with Crippen molar-refractivity contribution in [3.8, 4) is 0 Å². The molecule has 31 heavy (non-hydrogen) atoms. The van der Waals surface area contributed by atoms with Crippen molar-refractivity contribution in [2.45, 2.75) is 109 Å². The van der Waals surface area contributed by atoms with Crippen LogP contribution in [0, 0.1) is 0 Å². The maximum absolute atomic E-state index is 11.3. The first kappa shape index (κ1) is 27.6. The Morgan fingerprint density at radius 3 is 1.84 bits per heavy atom. The van der Waals surface area contributed by atoms with Crippen LogP contribution in [0.25, 0.3) is 0 Å². The van der Waals surface area contributed by atoms with Crippen LogP contribution in [0.4, 0.5) is 0 Å². The van der Waals surface area contributed by atoms with Crippen molar-refractivity contribution < 1.29 is 14.4 Å². The molecule has 5 nitrogen and oxygen atoms in total. The van der Waals surface area contributed by atoms with Gasteiger partial charge in [-0.25, -0.2) is 14.3 Å². The number of nitrogens with zero attached hydrogens (tertiary/aromatic N) is 2. The van der Waals surface area contributed by atoms with Gasteiger partial charge in [-0.3, -0.25) is 0 Å². The normalized spacial score (nSPS) is 17.8. The molecular weight excluding hydrogens is 386 g/mol. The Balaban J connectivity index is 1.93. The number of carbonyl (C=O) groups is 1. The number of carboxylic acid groups (broad SMARTS) is 1. The molecular formula is C26H48N3O2+. The zero-order valence-corrected chi connectivity index (χ0v) is 19.9. The molecule has 1 aliphatic heterocycles. The summed E-state index contributed by atoms with van der Waals surface area (Å²) < 4.78 is 0.307. The van der Waals surface area contributed by atoms with Crippen LogP contribution >= 0.6 is 0 Å². The van der Waals surface area contributed by atoms with E-state index in [-0.39, 0.29) is 6.54 Å². The van der Waals surface area contributed by atoms with Crippen molar-refractivity contribution in [2.24, 2.45) is 10.7 Å². The van der Waals surface area contributed by atoms with Crippen molar-refractivity contribution in [1.29, 1.82) is 0 Å². The molecule has 0 bridgehead atoms. The second-order valence-corrected chi connectivity index (χ2v) is 9.07. The molecule has 1 aliphatic rings. The number of hydrogen-bond acceptors (Lipinski definition) is 3. The van der Waals surface area contributed by atoms with E-state index in [2.05, 4.69) is 11.6 Å². The van der Waals surface area contributed by atoms with Crippen LogP contribution in [0.2, 0.25) is 0 Å². The first-order valence-electron chi connectivity index (χ1n) is 12.8. The van der Waals surface area contributed by atoms with Crippen molar-refractivity contribution in [1.82, 2.24) is 0 Å². The predicted octanol–water partition coefficient (Wildman–Crippen LogP) is 6.55. The van der Waals surface area contributed by atoms with E-state index in [1.165, 1.54) is 96.3 Å². The summed E-state index contributed by atoms with van der Waals surface area (Å²) in [7, 11) is 0. The van der Waals surface area contributed by atoms with Crippen LogP contribution in [0.3, 0.4) is 0 Å². The predicted molar refractivity (Wildman–Crippen MR) is 132 cm³/mol. The number of unbranched alkanes of at least 4 members (excludes halogenated alkanes) is 15. The van der Waals surface area contributed by atoms with Crippen molar-refractivity contribution in [3.05, 3.63) is 25.1 Å². The minimum absolute atomic E-state index is 0.0439. The summed E-state index contributed by atoms with van der Waals surface area (Å²) in [4.78, 5) is 15.7. The molecule has 3 N–H and O–H groups in total. The molecule has 0 aromatic carbocycles. The van der Waals surface area contributed by atoms with Gasteiger partial charge in [0.25, 0.3) is 0 Å². The lowest BCUT2D eigenvalue weighted by atomic mass is 10.0. The Bertz CT molecular complexity index is 545. The number of rotatable bonds is 22. The lowest BCUT2D eigenvalue weighted by molar-refractivity contribution is -0.778. The molecule has 0 saturated carbocycles. The summed E-state index contributed by atoms with van der Waals surface area (Å²) in [5.41, 5.74) is 5.73. The second kappa shape index (κ2) is 18.1. The second-order valence-electron chi connectivity index (χ2n) is 9.07. The molecule has 5 heteroatoms. The third-order valence-corrected chi connectivity index (χ3v) is 6.34. The van der Waals surface area contributed by atoms with Crippen LogP contribution in [0.5, 0.6) is 0 Å². The summed E-state index contributed by atoms with van der Waals surface area (Å²) >= 11 is 0. The highest BCUT2D eigenvalue weighted by Crippen LogP contribution is 2.21. The SMILES string of the molecule is C=CCCCCCCCCCCCCCCCCCC1=NC=C[N+]1(CCN)CC(=O)O. The van der Waals surface area contributed by atoms with Gasteiger partial charge in [0, 0.05) is 13.0 Å². The summed E-state index contributed by atoms with van der Waals surface area (Å²) in [6.45, 7) is 4.89. The highest BCUT2D eigenvalue weighted by Gasteiger charge is 2.36. The topological polar surface area (TPSA) is 75.7 Å². The molecule has 0 spiro atoms. The van der Waals surface area contributed by atoms with Gasteiger partial charge in [0.1, 0.15) is 12.7 Å². The highest BCUT2D eigenvalue weighted by atomic mass is 16.4. The van der Waals surface area contributed by atoms with Crippen molar-refractivity contribution >= 4 is 11.8 Å². The molecule has 1 atom stereocenters. The summed E-state index contributed by atoms with van der Waals surface area (Å²) in [6.07, 6.45) is 27.8. The van der Waals surface area contributed by atoms with E-state index in [0.717, 1.165) is 18.7 Å². The molecule has 0 fully saturated rings. The summed E-state index contributed by atoms with van der Waals surface area (Å²) in [6, 6.07) is 0. The molecule has 1 unspecified atom stereocenters. The lowest BCUT2D eigenvalue weighted by Gasteiger charge is -2.30. The monoisotopic (exact) mass is 434 g/mol. The van der Waals surface area contributed by atoms with E-state index >= 15 is 0 Å². The molecule has 0 amide bonds. The molecule has 0 radical (unpaired) electrons. The number of nitrogens with two attached hydrogens (primary N) is 1. The van der Waals surface area contributed by atoms with Gasteiger partial charge in [0.15, 0.2) is 6.54 Å². The van der Waals surface area contributed by atoms with Crippen molar-refractivity contribution in [2.75, 3.05) is 19.6 Å². The van der Waals surface area contributed by atoms with Gasteiger partial charge in [-0.1, -0.05) is 89.5 Å². The van der Waals surface area contributed by atoms with Crippen LogP contribution in [0.15, 0.2) is 30.0 Å². The zero-order chi connectivity index (χ0) is 22.6. The van der Waals surface area contributed by atoms with Gasteiger partial charge in [-0.15, -0.1) is 6.58 Å². The van der Waals surface area contributed by atoms with Crippen LogP contribution in [-0.4, -0.2) is 41.0 Å². The van der Waals surface area contributed by atoms with E-state index in [4.69, 9.17) is 5.73 Å². The smallest absolute Gasteiger partial charge is 0.360 e. The average Bonchev–Trinajstić information content (AvgIpc) is 3.11. The Morgan fingerprint density at radius 2 is 1.39 bits per heavy atom. The largest absolute Gasteiger partial charge is 0.477 e. The van der Waals surface area contributed by atoms with E-state index in [1.807, 2.05) is 12.3 Å². The van der Waals surface area contributed by atoms with E-state index in [1.54, 1.807) is 6.20 Å². The van der Waals surface area contributed by atoms with E-state index < -0.39 is 5.97 Å². The van der Waals surface area contributed by atoms with Gasteiger partial charge in [0.2, 0.25) is 5.84 Å². The van der Waals surface area contributed by atoms with Crippen LogP contribution in [-0.2, 0) is 4.79 Å². The van der Waals surface area contributed by atoms with Gasteiger partial charge < -0.3 is 10.8 Å². The third kappa shape index (κ3) is 12.9.